The van der Waals surface area contributed by atoms with Crippen molar-refractivity contribution in [3.8, 4) is 6.07 Å². The topological polar surface area (TPSA) is 67.6 Å². The minimum absolute atomic E-state index is 0.317. The SMILES string of the molecule is Cc1nn(Cc2ccc(C#N)cc2F)c(C)c1CN. The summed E-state index contributed by atoms with van der Waals surface area (Å²) in [5, 5.41) is 13.1. The fraction of sp³-hybridized carbons (Fsp3) is 0.286. The molecule has 0 bridgehead atoms. The van der Waals surface area contributed by atoms with E-state index in [1.54, 1.807) is 16.8 Å². The van der Waals surface area contributed by atoms with Crippen molar-refractivity contribution in [2.45, 2.75) is 26.9 Å². The molecule has 5 heteroatoms. The van der Waals surface area contributed by atoms with Crippen LogP contribution in [0.5, 0.6) is 0 Å². The van der Waals surface area contributed by atoms with E-state index < -0.39 is 0 Å². The molecule has 0 radical (unpaired) electrons. The van der Waals surface area contributed by atoms with E-state index in [2.05, 4.69) is 5.10 Å². The number of benzene rings is 1. The molecule has 19 heavy (non-hydrogen) atoms. The van der Waals surface area contributed by atoms with Gasteiger partial charge in [0.25, 0.3) is 0 Å². The second-order valence-electron chi connectivity index (χ2n) is 4.43. The normalized spacial score (nSPS) is 10.5. The van der Waals surface area contributed by atoms with E-state index in [0.717, 1.165) is 17.0 Å². The summed E-state index contributed by atoms with van der Waals surface area (Å²) >= 11 is 0. The first-order valence-corrected chi connectivity index (χ1v) is 5.98. The Bertz CT molecular complexity index is 652. The molecular formula is C14H15FN4. The zero-order valence-electron chi connectivity index (χ0n) is 10.9. The van der Waals surface area contributed by atoms with Crippen molar-refractivity contribution in [2.24, 2.45) is 5.73 Å². The highest BCUT2D eigenvalue weighted by molar-refractivity contribution is 5.33. The summed E-state index contributed by atoms with van der Waals surface area (Å²) in [4.78, 5) is 0. The second-order valence-corrected chi connectivity index (χ2v) is 4.43. The van der Waals surface area contributed by atoms with Crippen LogP contribution in [-0.4, -0.2) is 9.78 Å². The number of hydrogen-bond donors (Lipinski definition) is 1. The summed E-state index contributed by atoms with van der Waals surface area (Å²) in [6.07, 6.45) is 0. The van der Waals surface area contributed by atoms with Crippen molar-refractivity contribution in [2.75, 3.05) is 0 Å². The summed E-state index contributed by atoms with van der Waals surface area (Å²) in [7, 11) is 0. The van der Waals surface area contributed by atoms with Gasteiger partial charge in [0.05, 0.1) is 23.9 Å². The van der Waals surface area contributed by atoms with Crippen molar-refractivity contribution in [1.29, 1.82) is 5.26 Å². The van der Waals surface area contributed by atoms with Gasteiger partial charge in [0.2, 0.25) is 0 Å². The number of hydrogen-bond acceptors (Lipinski definition) is 3. The molecule has 0 saturated heterocycles. The highest BCUT2D eigenvalue weighted by Crippen LogP contribution is 2.16. The van der Waals surface area contributed by atoms with Crippen LogP contribution < -0.4 is 5.73 Å². The molecule has 2 aromatic rings. The molecule has 0 fully saturated rings. The van der Waals surface area contributed by atoms with E-state index in [4.69, 9.17) is 11.0 Å². The summed E-state index contributed by atoms with van der Waals surface area (Å²) < 4.78 is 15.6. The van der Waals surface area contributed by atoms with Gasteiger partial charge in [-0.3, -0.25) is 4.68 Å². The lowest BCUT2D eigenvalue weighted by atomic mass is 10.1. The average Bonchev–Trinajstić information content (AvgIpc) is 2.66. The number of halogens is 1. The standard InChI is InChI=1S/C14H15FN4/c1-9-13(7-17)10(2)19(18-9)8-12-4-3-11(6-16)5-14(12)15/h3-5H,7-8,17H2,1-2H3. The molecule has 0 saturated carbocycles. The van der Waals surface area contributed by atoms with Gasteiger partial charge in [0.15, 0.2) is 0 Å². The van der Waals surface area contributed by atoms with Gasteiger partial charge in [-0.25, -0.2) is 4.39 Å². The zero-order valence-corrected chi connectivity index (χ0v) is 10.9. The lowest BCUT2D eigenvalue weighted by Crippen LogP contribution is -2.07. The van der Waals surface area contributed by atoms with Crippen LogP contribution in [0.2, 0.25) is 0 Å². The molecule has 2 rings (SSSR count). The summed E-state index contributed by atoms with van der Waals surface area (Å²) in [6, 6.07) is 6.38. The van der Waals surface area contributed by atoms with Crippen LogP contribution in [0, 0.1) is 31.0 Å². The highest BCUT2D eigenvalue weighted by atomic mass is 19.1. The molecule has 0 aliphatic carbocycles. The monoisotopic (exact) mass is 258 g/mol. The number of nitrogens with two attached hydrogens (primary N) is 1. The first-order valence-electron chi connectivity index (χ1n) is 5.98. The van der Waals surface area contributed by atoms with E-state index in [-0.39, 0.29) is 5.82 Å². The maximum absolute atomic E-state index is 13.8. The Hall–Kier alpha value is -2.19. The maximum Gasteiger partial charge on any atom is 0.129 e. The van der Waals surface area contributed by atoms with Crippen LogP contribution in [0.15, 0.2) is 18.2 Å². The molecule has 0 atom stereocenters. The molecule has 98 valence electrons. The van der Waals surface area contributed by atoms with Crippen LogP contribution in [0.3, 0.4) is 0 Å². The number of nitriles is 1. The van der Waals surface area contributed by atoms with Crippen molar-refractivity contribution in [1.82, 2.24) is 9.78 Å². The smallest absolute Gasteiger partial charge is 0.129 e. The van der Waals surface area contributed by atoms with Gasteiger partial charge >= 0.3 is 0 Å². The minimum Gasteiger partial charge on any atom is -0.326 e. The van der Waals surface area contributed by atoms with Gasteiger partial charge in [-0.05, 0) is 26.0 Å². The van der Waals surface area contributed by atoms with Crippen LogP contribution in [-0.2, 0) is 13.1 Å². The zero-order chi connectivity index (χ0) is 14.0. The number of aryl methyl sites for hydroxylation is 1. The Morgan fingerprint density at radius 3 is 2.68 bits per heavy atom. The van der Waals surface area contributed by atoms with E-state index in [9.17, 15) is 4.39 Å². The van der Waals surface area contributed by atoms with Crippen LogP contribution >= 0.6 is 0 Å². The van der Waals surface area contributed by atoms with Crippen molar-refractivity contribution in [3.63, 3.8) is 0 Å². The van der Waals surface area contributed by atoms with Gasteiger partial charge in [-0.1, -0.05) is 6.07 Å². The number of aromatic nitrogens is 2. The first-order chi connectivity index (χ1) is 9.06. The first kappa shape index (κ1) is 13.2. The Labute approximate surface area is 111 Å². The lowest BCUT2D eigenvalue weighted by molar-refractivity contribution is 0.578. The summed E-state index contributed by atoms with van der Waals surface area (Å²) in [5.41, 5.74) is 9.30. The third kappa shape index (κ3) is 2.49. The number of rotatable bonds is 3. The largest absolute Gasteiger partial charge is 0.326 e. The molecule has 0 aliphatic heterocycles. The molecule has 2 N–H and O–H groups in total. The quantitative estimate of drug-likeness (QED) is 0.915. The molecular weight excluding hydrogens is 243 g/mol. The lowest BCUT2D eigenvalue weighted by Gasteiger charge is -2.06. The molecule has 0 spiro atoms. The fourth-order valence-electron chi connectivity index (χ4n) is 2.09. The Morgan fingerprint density at radius 1 is 1.42 bits per heavy atom. The Balaban J connectivity index is 2.34. The van der Waals surface area contributed by atoms with Crippen LogP contribution in [0.1, 0.15) is 28.1 Å². The van der Waals surface area contributed by atoms with Crippen molar-refractivity contribution < 1.29 is 4.39 Å². The predicted octanol–water partition coefficient (Wildman–Crippen LogP) is 2.02. The van der Waals surface area contributed by atoms with Gasteiger partial charge in [0.1, 0.15) is 5.82 Å². The molecule has 0 aliphatic rings. The van der Waals surface area contributed by atoms with E-state index >= 15 is 0 Å². The molecule has 1 aromatic heterocycles. The third-order valence-electron chi connectivity index (χ3n) is 3.24. The van der Waals surface area contributed by atoms with Crippen LogP contribution in [0.4, 0.5) is 4.39 Å². The van der Waals surface area contributed by atoms with Crippen LogP contribution in [0.25, 0.3) is 0 Å². The van der Waals surface area contributed by atoms with E-state index in [0.29, 0.717) is 24.2 Å². The molecule has 0 unspecified atom stereocenters. The van der Waals surface area contributed by atoms with Crippen molar-refractivity contribution >= 4 is 0 Å². The fourth-order valence-corrected chi connectivity index (χ4v) is 2.09. The third-order valence-corrected chi connectivity index (χ3v) is 3.24. The summed E-state index contributed by atoms with van der Waals surface area (Å²) in [5.74, 6) is -0.388. The van der Waals surface area contributed by atoms with Gasteiger partial charge in [-0.2, -0.15) is 10.4 Å². The van der Waals surface area contributed by atoms with Gasteiger partial charge < -0.3 is 5.73 Å². The predicted molar refractivity (Wildman–Crippen MR) is 69.8 cm³/mol. The summed E-state index contributed by atoms with van der Waals surface area (Å²) in [6.45, 7) is 4.57. The molecule has 1 heterocycles. The molecule has 0 amide bonds. The Kier molecular flexibility index (Phi) is 3.63. The van der Waals surface area contributed by atoms with Crippen molar-refractivity contribution in [3.05, 3.63) is 52.1 Å². The Morgan fingerprint density at radius 2 is 2.16 bits per heavy atom. The molecule has 1 aromatic carbocycles. The van der Waals surface area contributed by atoms with E-state index in [1.165, 1.54) is 6.07 Å². The van der Waals surface area contributed by atoms with E-state index in [1.807, 2.05) is 19.9 Å². The van der Waals surface area contributed by atoms with Gasteiger partial charge in [0, 0.05) is 23.4 Å². The minimum atomic E-state index is -0.388. The number of nitrogens with zero attached hydrogens (tertiary/aromatic N) is 3. The highest BCUT2D eigenvalue weighted by Gasteiger charge is 2.12. The maximum atomic E-state index is 13.8. The average molecular weight is 258 g/mol. The van der Waals surface area contributed by atoms with Gasteiger partial charge in [-0.15, -0.1) is 0 Å². The molecule has 4 nitrogen and oxygen atoms in total. The second kappa shape index (κ2) is 5.21.